The summed E-state index contributed by atoms with van der Waals surface area (Å²) in [6.07, 6.45) is 3.17. The third-order valence-electron chi connectivity index (χ3n) is 5.75. The number of sulfonamides is 1. The molecule has 2 aromatic rings. The summed E-state index contributed by atoms with van der Waals surface area (Å²) >= 11 is 0. The molecule has 10 heteroatoms. The molecule has 0 spiro atoms. The number of methoxy groups -OCH3 is 2. The van der Waals surface area contributed by atoms with Crippen LogP contribution in [0.3, 0.4) is 0 Å². The fraction of sp³-hybridized carbons (Fsp3) is 0.462. The average Bonchev–Trinajstić information content (AvgIpc) is 2.86. The quantitative estimate of drug-likeness (QED) is 0.385. The Morgan fingerprint density at radius 1 is 1.00 bits per heavy atom. The Morgan fingerprint density at radius 2 is 1.67 bits per heavy atom. The fourth-order valence-electron chi connectivity index (χ4n) is 3.73. The summed E-state index contributed by atoms with van der Waals surface area (Å²) in [4.78, 5) is 28.2. The van der Waals surface area contributed by atoms with Crippen molar-refractivity contribution in [2.75, 3.05) is 37.9 Å². The second kappa shape index (κ2) is 13.7. The molecule has 0 bridgehead atoms. The Labute approximate surface area is 214 Å². The zero-order chi connectivity index (χ0) is 26.7. The van der Waals surface area contributed by atoms with Gasteiger partial charge in [-0.3, -0.25) is 13.9 Å². The predicted molar refractivity (Wildman–Crippen MR) is 141 cm³/mol. The molecule has 2 amide bonds. The van der Waals surface area contributed by atoms with E-state index in [0.29, 0.717) is 30.2 Å². The molecule has 0 aliphatic carbocycles. The number of ether oxygens (including phenoxy) is 2. The molecule has 0 saturated heterocycles. The maximum atomic E-state index is 13.7. The summed E-state index contributed by atoms with van der Waals surface area (Å²) in [5.41, 5.74) is 1.09. The second-order valence-electron chi connectivity index (χ2n) is 8.41. The average molecular weight is 520 g/mol. The van der Waals surface area contributed by atoms with Gasteiger partial charge in [0.25, 0.3) is 0 Å². The monoisotopic (exact) mass is 519 g/mol. The van der Waals surface area contributed by atoms with Gasteiger partial charge in [-0.05, 0) is 42.7 Å². The molecule has 0 fully saturated rings. The maximum absolute atomic E-state index is 13.7. The van der Waals surface area contributed by atoms with Crippen LogP contribution in [-0.4, -0.2) is 64.7 Å². The van der Waals surface area contributed by atoms with Crippen LogP contribution >= 0.6 is 0 Å². The van der Waals surface area contributed by atoms with Crippen molar-refractivity contribution in [3.8, 4) is 11.5 Å². The molecule has 0 radical (unpaired) electrons. The van der Waals surface area contributed by atoms with Crippen LogP contribution in [0.15, 0.2) is 48.5 Å². The zero-order valence-corrected chi connectivity index (χ0v) is 22.5. The highest BCUT2D eigenvalue weighted by atomic mass is 32.2. The summed E-state index contributed by atoms with van der Waals surface area (Å²) in [6.45, 7) is 4.05. The zero-order valence-electron chi connectivity index (χ0n) is 21.7. The van der Waals surface area contributed by atoms with Gasteiger partial charge in [-0.15, -0.1) is 0 Å². The van der Waals surface area contributed by atoms with Crippen molar-refractivity contribution in [1.29, 1.82) is 0 Å². The molecule has 2 rings (SSSR count). The van der Waals surface area contributed by atoms with E-state index in [-0.39, 0.29) is 12.5 Å². The Hall–Kier alpha value is -3.27. The van der Waals surface area contributed by atoms with Crippen LogP contribution in [0, 0.1) is 0 Å². The van der Waals surface area contributed by atoms with E-state index in [9.17, 15) is 18.0 Å². The molecular formula is C26H37N3O6S. The van der Waals surface area contributed by atoms with Crippen LogP contribution < -0.4 is 19.1 Å². The van der Waals surface area contributed by atoms with E-state index in [0.717, 1.165) is 29.0 Å². The molecular weight excluding hydrogens is 482 g/mol. The number of benzene rings is 2. The molecule has 0 aliphatic rings. The number of nitrogens with zero attached hydrogens (tertiary/aromatic N) is 2. The van der Waals surface area contributed by atoms with E-state index in [1.54, 1.807) is 43.5 Å². The molecule has 0 aromatic heterocycles. The van der Waals surface area contributed by atoms with Gasteiger partial charge in [-0.2, -0.15) is 0 Å². The van der Waals surface area contributed by atoms with Crippen molar-refractivity contribution in [3.05, 3.63) is 54.1 Å². The van der Waals surface area contributed by atoms with Crippen molar-refractivity contribution in [2.45, 2.75) is 45.7 Å². The lowest BCUT2D eigenvalue weighted by Crippen LogP contribution is -2.52. The van der Waals surface area contributed by atoms with E-state index in [4.69, 9.17) is 9.47 Å². The molecule has 1 N–H and O–H groups in total. The number of carbonyl (C=O) groups is 2. The molecule has 2 aromatic carbocycles. The molecule has 9 nitrogen and oxygen atoms in total. The van der Waals surface area contributed by atoms with Gasteiger partial charge in [-0.1, -0.05) is 38.5 Å². The van der Waals surface area contributed by atoms with E-state index in [1.807, 2.05) is 26.0 Å². The van der Waals surface area contributed by atoms with Crippen LogP contribution in [0.25, 0.3) is 0 Å². The summed E-state index contributed by atoms with van der Waals surface area (Å²) in [5.74, 6) is 0.379. The number of anilines is 1. The van der Waals surface area contributed by atoms with Gasteiger partial charge in [0.15, 0.2) is 0 Å². The SMILES string of the molecule is CCCCNC(=O)C(CC)N(Cc1ccc(OC)cc1)C(=O)CN(c1cccc(OC)c1)S(C)(=O)=O. The minimum absolute atomic E-state index is 0.137. The number of amides is 2. The van der Waals surface area contributed by atoms with Crippen molar-refractivity contribution in [1.82, 2.24) is 10.2 Å². The number of hydrogen-bond donors (Lipinski definition) is 1. The first kappa shape index (κ1) is 29.0. The first-order valence-corrected chi connectivity index (χ1v) is 13.8. The van der Waals surface area contributed by atoms with Crippen LogP contribution in [0.4, 0.5) is 5.69 Å². The second-order valence-corrected chi connectivity index (χ2v) is 10.3. The molecule has 1 atom stereocenters. The maximum Gasteiger partial charge on any atom is 0.244 e. The lowest BCUT2D eigenvalue weighted by atomic mass is 10.1. The van der Waals surface area contributed by atoms with Gasteiger partial charge in [0, 0.05) is 19.2 Å². The Balaban J connectivity index is 2.41. The standard InChI is InChI=1S/C26H37N3O6S/c1-6-8-16-27-26(31)24(7-2)28(18-20-12-14-22(34-3)15-13-20)25(30)19-29(36(5,32)33)21-10-9-11-23(17-21)35-4/h9-15,17,24H,6-8,16,18-19H2,1-5H3,(H,27,31). The minimum atomic E-state index is -3.81. The van der Waals surface area contributed by atoms with Crippen LogP contribution in [0.1, 0.15) is 38.7 Å². The van der Waals surface area contributed by atoms with Crippen LogP contribution in [-0.2, 0) is 26.2 Å². The van der Waals surface area contributed by atoms with Gasteiger partial charge >= 0.3 is 0 Å². The van der Waals surface area contributed by atoms with E-state index in [1.165, 1.54) is 12.0 Å². The van der Waals surface area contributed by atoms with Crippen molar-refractivity contribution < 1.29 is 27.5 Å². The van der Waals surface area contributed by atoms with Gasteiger partial charge in [0.2, 0.25) is 21.8 Å². The molecule has 0 aliphatic heterocycles. The smallest absolute Gasteiger partial charge is 0.244 e. The highest BCUT2D eigenvalue weighted by Crippen LogP contribution is 2.24. The third-order valence-corrected chi connectivity index (χ3v) is 6.89. The lowest BCUT2D eigenvalue weighted by Gasteiger charge is -2.33. The minimum Gasteiger partial charge on any atom is -0.497 e. The van der Waals surface area contributed by atoms with Gasteiger partial charge in [0.05, 0.1) is 26.2 Å². The van der Waals surface area contributed by atoms with Crippen molar-refractivity contribution in [3.63, 3.8) is 0 Å². The lowest BCUT2D eigenvalue weighted by molar-refractivity contribution is -0.140. The first-order chi connectivity index (χ1) is 17.1. The molecule has 198 valence electrons. The number of rotatable bonds is 14. The topological polar surface area (TPSA) is 105 Å². The summed E-state index contributed by atoms with van der Waals surface area (Å²) < 4.78 is 36.8. The Morgan fingerprint density at radius 3 is 2.22 bits per heavy atom. The van der Waals surface area contributed by atoms with E-state index in [2.05, 4.69) is 5.32 Å². The summed E-state index contributed by atoms with van der Waals surface area (Å²) in [5, 5.41) is 2.90. The first-order valence-electron chi connectivity index (χ1n) is 12.0. The number of nitrogens with one attached hydrogen (secondary N) is 1. The summed E-state index contributed by atoms with van der Waals surface area (Å²) in [7, 11) is -0.763. The Kier molecular flexibility index (Phi) is 11.0. The fourth-order valence-corrected chi connectivity index (χ4v) is 4.57. The van der Waals surface area contributed by atoms with Crippen molar-refractivity contribution >= 4 is 27.5 Å². The number of unbranched alkanes of at least 4 members (excludes halogenated alkanes) is 1. The highest BCUT2D eigenvalue weighted by molar-refractivity contribution is 7.92. The molecule has 1 unspecified atom stereocenters. The third kappa shape index (κ3) is 8.15. The largest absolute Gasteiger partial charge is 0.497 e. The normalized spacial score (nSPS) is 11.9. The van der Waals surface area contributed by atoms with Crippen LogP contribution in [0.5, 0.6) is 11.5 Å². The number of carbonyl (C=O) groups excluding carboxylic acids is 2. The van der Waals surface area contributed by atoms with E-state index >= 15 is 0 Å². The van der Waals surface area contributed by atoms with Gasteiger partial charge in [-0.25, -0.2) is 8.42 Å². The van der Waals surface area contributed by atoms with E-state index < -0.39 is 28.5 Å². The summed E-state index contributed by atoms with van der Waals surface area (Å²) in [6, 6.07) is 12.9. The molecule has 0 saturated carbocycles. The Bertz CT molecular complexity index is 1100. The van der Waals surface area contributed by atoms with Crippen LogP contribution in [0.2, 0.25) is 0 Å². The molecule has 0 heterocycles. The number of hydrogen-bond acceptors (Lipinski definition) is 6. The van der Waals surface area contributed by atoms with Gasteiger partial charge < -0.3 is 19.7 Å². The highest BCUT2D eigenvalue weighted by Gasteiger charge is 2.31. The van der Waals surface area contributed by atoms with Gasteiger partial charge in [0.1, 0.15) is 24.1 Å². The predicted octanol–water partition coefficient (Wildman–Crippen LogP) is 3.19. The molecule has 36 heavy (non-hydrogen) atoms. The van der Waals surface area contributed by atoms with Crippen molar-refractivity contribution in [2.24, 2.45) is 0 Å².